The van der Waals surface area contributed by atoms with Crippen molar-refractivity contribution in [3.05, 3.63) is 0 Å². The maximum absolute atomic E-state index is 9.81. The SMILES string of the molecule is CCC.CCC(C)=O.COC(C)=O. The van der Waals surface area contributed by atoms with Crippen LogP contribution in [0.1, 0.15) is 47.5 Å². The maximum Gasteiger partial charge on any atom is 0.302 e. The zero-order valence-corrected chi connectivity index (χ0v) is 9.64. The topological polar surface area (TPSA) is 43.4 Å². The van der Waals surface area contributed by atoms with Crippen molar-refractivity contribution in [2.24, 2.45) is 0 Å². The molecule has 0 aliphatic carbocycles. The average molecular weight is 190 g/mol. The minimum Gasteiger partial charge on any atom is -0.469 e. The normalized spacial score (nSPS) is 6.92. The zero-order chi connectivity index (χ0) is 11.3. The predicted molar refractivity (Wildman–Crippen MR) is 54.6 cm³/mol. The van der Waals surface area contributed by atoms with Gasteiger partial charge in [0.2, 0.25) is 0 Å². The Kier molecular flexibility index (Phi) is 24.0. The van der Waals surface area contributed by atoms with E-state index in [0.29, 0.717) is 6.42 Å². The first-order valence-electron chi connectivity index (χ1n) is 4.50. The van der Waals surface area contributed by atoms with E-state index in [1.165, 1.54) is 20.5 Å². The summed E-state index contributed by atoms with van der Waals surface area (Å²) in [4.78, 5) is 19.4. The highest BCUT2D eigenvalue weighted by Crippen LogP contribution is 1.71. The first-order chi connectivity index (χ1) is 5.95. The van der Waals surface area contributed by atoms with E-state index >= 15 is 0 Å². The number of rotatable bonds is 1. The Morgan fingerprint density at radius 2 is 1.23 bits per heavy atom. The lowest BCUT2D eigenvalue weighted by Gasteiger charge is -1.80. The monoisotopic (exact) mass is 190 g/mol. The summed E-state index contributed by atoms with van der Waals surface area (Å²) in [7, 11) is 1.35. The van der Waals surface area contributed by atoms with Crippen LogP contribution in [0.4, 0.5) is 0 Å². The van der Waals surface area contributed by atoms with E-state index in [0.717, 1.165) is 0 Å². The third kappa shape index (κ3) is 94.4. The summed E-state index contributed by atoms with van der Waals surface area (Å²) in [5.74, 6) is 0.00926. The van der Waals surface area contributed by atoms with Gasteiger partial charge in [-0.3, -0.25) is 4.79 Å². The predicted octanol–water partition coefficient (Wildman–Crippen LogP) is 2.58. The summed E-state index contributed by atoms with van der Waals surface area (Å²) in [6, 6.07) is 0. The van der Waals surface area contributed by atoms with Gasteiger partial charge in [0.1, 0.15) is 5.78 Å². The van der Waals surface area contributed by atoms with Gasteiger partial charge < -0.3 is 9.53 Å². The molecule has 0 heterocycles. The highest BCUT2D eigenvalue weighted by molar-refractivity contribution is 5.74. The number of methoxy groups -OCH3 is 1. The molecule has 0 N–H and O–H groups in total. The molecular weight excluding hydrogens is 168 g/mol. The molecule has 0 aromatic rings. The van der Waals surface area contributed by atoms with Gasteiger partial charge >= 0.3 is 5.97 Å². The van der Waals surface area contributed by atoms with Crippen LogP contribution in [0.2, 0.25) is 0 Å². The average Bonchev–Trinajstić information content (AvgIpc) is 2.07. The number of hydrogen-bond acceptors (Lipinski definition) is 3. The lowest BCUT2D eigenvalue weighted by Crippen LogP contribution is -1.88. The van der Waals surface area contributed by atoms with Crippen LogP contribution in [0.3, 0.4) is 0 Å². The molecule has 0 fully saturated rings. The van der Waals surface area contributed by atoms with E-state index in [4.69, 9.17) is 0 Å². The first kappa shape index (κ1) is 18.0. The number of esters is 1. The van der Waals surface area contributed by atoms with Crippen molar-refractivity contribution in [1.29, 1.82) is 0 Å². The molecule has 3 heteroatoms. The molecule has 0 saturated heterocycles. The van der Waals surface area contributed by atoms with Gasteiger partial charge in [0.15, 0.2) is 0 Å². The van der Waals surface area contributed by atoms with Crippen LogP contribution in [-0.2, 0) is 14.3 Å². The van der Waals surface area contributed by atoms with Gasteiger partial charge in [-0.1, -0.05) is 27.2 Å². The fourth-order valence-electron chi connectivity index (χ4n) is 0. The Balaban J connectivity index is -0.000000120. The van der Waals surface area contributed by atoms with Crippen molar-refractivity contribution in [2.75, 3.05) is 7.11 Å². The van der Waals surface area contributed by atoms with E-state index in [1.54, 1.807) is 6.92 Å². The largest absolute Gasteiger partial charge is 0.469 e. The van der Waals surface area contributed by atoms with Crippen LogP contribution >= 0.6 is 0 Å². The fraction of sp³-hybridized carbons (Fsp3) is 0.800. The molecule has 0 aromatic heterocycles. The molecule has 3 nitrogen and oxygen atoms in total. The summed E-state index contributed by atoms with van der Waals surface area (Å²) < 4.78 is 4.11. The van der Waals surface area contributed by atoms with Crippen LogP contribution in [0.5, 0.6) is 0 Å². The van der Waals surface area contributed by atoms with Gasteiger partial charge in [-0.05, 0) is 6.92 Å². The van der Waals surface area contributed by atoms with Crippen LogP contribution < -0.4 is 0 Å². The summed E-state index contributed by atoms with van der Waals surface area (Å²) in [6.07, 6.45) is 1.92. The second-order valence-electron chi connectivity index (χ2n) is 2.46. The molecule has 0 unspecified atom stereocenters. The minimum absolute atomic E-state index is 0.245. The molecule has 0 amide bonds. The van der Waals surface area contributed by atoms with Crippen molar-refractivity contribution >= 4 is 11.8 Å². The number of ketones is 1. The molecule has 0 rings (SSSR count). The fourth-order valence-corrected chi connectivity index (χ4v) is 0. The molecule has 80 valence electrons. The Bertz CT molecular complexity index is 105. The number of ether oxygens (including phenoxy) is 1. The molecule has 0 spiro atoms. The molecule has 0 saturated carbocycles. The summed E-state index contributed by atoms with van der Waals surface area (Å²) >= 11 is 0. The lowest BCUT2D eigenvalue weighted by atomic mass is 10.4. The first-order valence-corrected chi connectivity index (χ1v) is 4.50. The van der Waals surface area contributed by atoms with Crippen molar-refractivity contribution in [1.82, 2.24) is 0 Å². The Morgan fingerprint density at radius 1 is 1.08 bits per heavy atom. The van der Waals surface area contributed by atoms with Gasteiger partial charge in [-0.2, -0.15) is 0 Å². The molecular formula is C10H22O3. The van der Waals surface area contributed by atoms with Crippen molar-refractivity contribution in [3.8, 4) is 0 Å². The maximum atomic E-state index is 9.81. The Hall–Kier alpha value is -0.860. The van der Waals surface area contributed by atoms with Crippen LogP contribution in [0.25, 0.3) is 0 Å². The summed E-state index contributed by atoms with van der Waals surface area (Å²) in [5, 5.41) is 0. The van der Waals surface area contributed by atoms with Gasteiger partial charge in [0.05, 0.1) is 7.11 Å². The zero-order valence-electron chi connectivity index (χ0n) is 9.64. The molecule has 13 heavy (non-hydrogen) atoms. The van der Waals surface area contributed by atoms with E-state index in [9.17, 15) is 9.59 Å². The third-order valence-electron chi connectivity index (χ3n) is 0.785. The lowest BCUT2D eigenvalue weighted by molar-refractivity contribution is -0.137. The highest BCUT2D eigenvalue weighted by atomic mass is 16.5. The Labute approximate surface area is 81.5 Å². The van der Waals surface area contributed by atoms with E-state index in [-0.39, 0.29) is 11.8 Å². The Morgan fingerprint density at radius 3 is 1.23 bits per heavy atom. The molecule has 0 aliphatic heterocycles. The second kappa shape index (κ2) is 17.3. The molecule has 0 aromatic carbocycles. The smallest absolute Gasteiger partial charge is 0.302 e. The molecule has 0 aliphatic rings. The van der Waals surface area contributed by atoms with E-state index in [2.05, 4.69) is 18.6 Å². The summed E-state index contributed by atoms with van der Waals surface area (Å²) in [5.41, 5.74) is 0. The molecule has 0 bridgehead atoms. The third-order valence-corrected chi connectivity index (χ3v) is 0.785. The van der Waals surface area contributed by atoms with Crippen molar-refractivity contribution in [2.45, 2.75) is 47.5 Å². The standard InChI is InChI=1S/C4H8O.C3H6O2.C3H8/c1-3-4(2)5;1-3(4)5-2;1-3-2/h3H2,1-2H3;1-2H3;3H2,1-2H3. The van der Waals surface area contributed by atoms with Crippen LogP contribution in [0, 0.1) is 0 Å². The van der Waals surface area contributed by atoms with Crippen molar-refractivity contribution < 1.29 is 14.3 Å². The summed E-state index contributed by atoms with van der Waals surface area (Å²) in [6.45, 7) is 9.04. The van der Waals surface area contributed by atoms with Crippen LogP contribution in [0.15, 0.2) is 0 Å². The number of Topliss-reactive ketones (excluding diaryl/α,β-unsaturated/α-hetero) is 1. The van der Waals surface area contributed by atoms with Gasteiger partial charge in [-0.25, -0.2) is 0 Å². The number of carbonyl (C=O) groups excluding carboxylic acids is 2. The molecule has 0 atom stereocenters. The molecule has 0 radical (unpaired) electrons. The van der Waals surface area contributed by atoms with Crippen LogP contribution in [-0.4, -0.2) is 18.9 Å². The number of hydrogen-bond donors (Lipinski definition) is 0. The van der Waals surface area contributed by atoms with Gasteiger partial charge in [0, 0.05) is 13.3 Å². The number of carbonyl (C=O) groups is 2. The highest BCUT2D eigenvalue weighted by Gasteiger charge is 1.77. The van der Waals surface area contributed by atoms with Gasteiger partial charge in [0.25, 0.3) is 0 Å². The van der Waals surface area contributed by atoms with Gasteiger partial charge in [-0.15, -0.1) is 0 Å². The second-order valence-corrected chi connectivity index (χ2v) is 2.46. The van der Waals surface area contributed by atoms with E-state index in [1.807, 2.05) is 6.92 Å². The van der Waals surface area contributed by atoms with E-state index < -0.39 is 0 Å². The van der Waals surface area contributed by atoms with Crippen molar-refractivity contribution in [3.63, 3.8) is 0 Å². The quantitative estimate of drug-likeness (QED) is 0.597. The minimum atomic E-state index is -0.245.